The molecule has 0 bridgehead atoms. The van der Waals surface area contributed by atoms with Crippen LogP contribution in [0.1, 0.15) is 13.3 Å². The molecule has 0 aliphatic carbocycles. The van der Waals surface area contributed by atoms with Gasteiger partial charge in [-0.05, 0) is 6.42 Å². The summed E-state index contributed by atoms with van der Waals surface area (Å²) >= 11 is 0. The van der Waals surface area contributed by atoms with E-state index in [2.05, 4.69) is 4.74 Å². The van der Waals surface area contributed by atoms with Gasteiger partial charge in [0, 0.05) is 0 Å². The van der Waals surface area contributed by atoms with Gasteiger partial charge in [-0.2, -0.15) is 0 Å². The van der Waals surface area contributed by atoms with Gasteiger partial charge in [-0.1, -0.05) is 6.92 Å². The molecule has 1 amide bonds. The first-order valence-electron chi connectivity index (χ1n) is 2.74. The van der Waals surface area contributed by atoms with Crippen LogP contribution in [0.4, 0.5) is 0 Å². The molecule has 0 aromatic heterocycles. The van der Waals surface area contributed by atoms with Crippen LogP contribution in [0.2, 0.25) is 0 Å². The Hall–Kier alpha value is -0.610. The molecule has 0 saturated heterocycles. The molecule has 4 heteroatoms. The molecule has 4 nitrogen and oxygen atoms in total. The molecule has 1 unspecified atom stereocenters. The molecule has 0 rings (SSSR count). The minimum Gasteiger partial charge on any atom is -0.368 e. The second-order valence-corrected chi connectivity index (χ2v) is 1.64. The summed E-state index contributed by atoms with van der Waals surface area (Å²) in [5.41, 5.74) is 4.72. The van der Waals surface area contributed by atoms with Crippen molar-refractivity contribution >= 4 is 5.91 Å². The summed E-state index contributed by atoms with van der Waals surface area (Å²) in [5.74, 6) is -0.567. The average molecular weight is 133 g/mol. The number of rotatable bonds is 4. The SMILES string of the molecule is CCC(O)OCC(N)=O. The second-order valence-electron chi connectivity index (χ2n) is 1.64. The maximum atomic E-state index is 10.0. The van der Waals surface area contributed by atoms with Gasteiger partial charge in [0.2, 0.25) is 5.91 Å². The number of carbonyl (C=O) groups excluding carboxylic acids is 1. The molecule has 54 valence electrons. The molecule has 0 heterocycles. The predicted octanol–water partition coefficient (Wildman–Crippen LogP) is -0.783. The first-order valence-corrected chi connectivity index (χ1v) is 2.74. The molecule has 1 atom stereocenters. The third-order valence-corrected chi connectivity index (χ3v) is 0.767. The van der Waals surface area contributed by atoms with Crippen LogP contribution < -0.4 is 5.73 Å². The fraction of sp³-hybridized carbons (Fsp3) is 0.800. The fourth-order valence-electron chi connectivity index (χ4n) is 0.296. The van der Waals surface area contributed by atoms with Crippen LogP contribution in [0.15, 0.2) is 0 Å². The Morgan fingerprint density at radius 1 is 1.89 bits per heavy atom. The summed E-state index contributed by atoms with van der Waals surface area (Å²) in [7, 11) is 0. The van der Waals surface area contributed by atoms with E-state index >= 15 is 0 Å². The molecule has 0 aromatic carbocycles. The van der Waals surface area contributed by atoms with Crippen molar-refractivity contribution in [2.24, 2.45) is 5.73 Å². The van der Waals surface area contributed by atoms with Crippen LogP contribution in [0.25, 0.3) is 0 Å². The topological polar surface area (TPSA) is 72.6 Å². The molecule has 0 aromatic rings. The summed E-state index contributed by atoms with van der Waals surface area (Å²) < 4.78 is 4.53. The summed E-state index contributed by atoms with van der Waals surface area (Å²) in [6.07, 6.45) is -0.398. The number of nitrogens with two attached hydrogens (primary N) is 1. The standard InChI is InChI=1S/C5H11NO3/c1-2-5(8)9-3-4(6)7/h5,8H,2-3H2,1H3,(H2,6,7). The molecule has 0 saturated carbocycles. The highest BCUT2D eigenvalue weighted by molar-refractivity contribution is 5.74. The van der Waals surface area contributed by atoms with Crippen LogP contribution in [0.3, 0.4) is 0 Å². The van der Waals surface area contributed by atoms with Gasteiger partial charge in [0.05, 0.1) is 0 Å². The minimum atomic E-state index is -0.863. The lowest BCUT2D eigenvalue weighted by atomic mass is 10.5. The van der Waals surface area contributed by atoms with Crippen molar-refractivity contribution < 1.29 is 14.6 Å². The molecule has 0 aliphatic rings. The lowest BCUT2D eigenvalue weighted by molar-refractivity contribution is -0.138. The third-order valence-electron chi connectivity index (χ3n) is 0.767. The molecular formula is C5H11NO3. The van der Waals surface area contributed by atoms with Crippen molar-refractivity contribution in [1.82, 2.24) is 0 Å². The van der Waals surface area contributed by atoms with Crippen molar-refractivity contribution in [3.63, 3.8) is 0 Å². The number of ether oxygens (including phenoxy) is 1. The molecule has 3 N–H and O–H groups in total. The van der Waals surface area contributed by atoms with Gasteiger partial charge >= 0.3 is 0 Å². The Morgan fingerprint density at radius 3 is 2.78 bits per heavy atom. The second kappa shape index (κ2) is 4.29. The van der Waals surface area contributed by atoms with E-state index in [9.17, 15) is 4.79 Å². The minimum absolute atomic E-state index is 0.213. The fourth-order valence-corrected chi connectivity index (χ4v) is 0.296. The number of amides is 1. The summed E-state index contributed by atoms with van der Waals surface area (Å²) in [4.78, 5) is 10.0. The molecule has 0 fully saturated rings. The monoisotopic (exact) mass is 133 g/mol. The molecule has 9 heavy (non-hydrogen) atoms. The highest BCUT2D eigenvalue weighted by atomic mass is 16.6. The van der Waals surface area contributed by atoms with Crippen LogP contribution in [0, 0.1) is 0 Å². The predicted molar refractivity (Wildman–Crippen MR) is 31.4 cm³/mol. The van der Waals surface area contributed by atoms with Gasteiger partial charge in [0.1, 0.15) is 6.61 Å². The highest BCUT2D eigenvalue weighted by Gasteiger charge is 2.00. The Balaban J connectivity index is 3.16. The molecule has 0 spiro atoms. The number of hydrogen-bond acceptors (Lipinski definition) is 3. The van der Waals surface area contributed by atoms with Gasteiger partial charge < -0.3 is 15.6 Å². The highest BCUT2D eigenvalue weighted by Crippen LogP contribution is 1.89. The average Bonchev–Trinajstić information content (AvgIpc) is 1.83. The number of carbonyl (C=O) groups is 1. The van der Waals surface area contributed by atoms with E-state index in [1.165, 1.54) is 0 Å². The Kier molecular flexibility index (Phi) is 4.00. The first-order chi connectivity index (χ1) is 4.16. The first kappa shape index (κ1) is 8.39. The molecule has 0 aliphatic heterocycles. The number of primary amides is 1. The van der Waals surface area contributed by atoms with E-state index in [0.717, 1.165) is 0 Å². The number of aliphatic hydroxyl groups is 1. The van der Waals surface area contributed by atoms with Crippen LogP contribution in [0.5, 0.6) is 0 Å². The van der Waals surface area contributed by atoms with Gasteiger partial charge in [0.25, 0.3) is 0 Å². The number of hydrogen-bond donors (Lipinski definition) is 2. The summed E-state index contributed by atoms with van der Waals surface area (Å²) in [6, 6.07) is 0. The van der Waals surface area contributed by atoms with Crippen LogP contribution >= 0.6 is 0 Å². The quantitative estimate of drug-likeness (QED) is 0.494. The maximum Gasteiger partial charge on any atom is 0.243 e. The smallest absolute Gasteiger partial charge is 0.243 e. The summed E-state index contributed by atoms with van der Waals surface area (Å²) in [6.45, 7) is 1.53. The third kappa shape index (κ3) is 5.26. The largest absolute Gasteiger partial charge is 0.368 e. The zero-order valence-corrected chi connectivity index (χ0v) is 5.33. The van der Waals surface area contributed by atoms with Gasteiger partial charge in [-0.3, -0.25) is 4.79 Å². The van der Waals surface area contributed by atoms with Gasteiger partial charge in [0.15, 0.2) is 6.29 Å². The Labute approximate surface area is 53.6 Å². The van der Waals surface area contributed by atoms with E-state index in [-0.39, 0.29) is 6.61 Å². The Bertz CT molecular complexity index is 94.2. The lowest BCUT2D eigenvalue weighted by Gasteiger charge is -2.05. The summed E-state index contributed by atoms with van der Waals surface area (Å²) in [5, 5.41) is 8.68. The zero-order valence-electron chi connectivity index (χ0n) is 5.33. The van der Waals surface area contributed by atoms with E-state index < -0.39 is 12.2 Å². The molecule has 0 radical (unpaired) electrons. The van der Waals surface area contributed by atoms with E-state index in [1.54, 1.807) is 6.92 Å². The van der Waals surface area contributed by atoms with Crippen molar-refractivity contribution in [1.29, 1.82) is 0 Å². The van der Waals surface area contributed by atoms with Crippen molar-refractivity contribution in [3.05, 3.63) is 0 Å². The zero-order chi connectivity index (χ0) is 7.28. The maximum absolute atomic E-state index is 10.0. The van der Waals surface area contributed by atoms with Crippen LogP contribution in [-0.4, -0.2) is 23.9 Å². The van der Waals surface area contributed by atoms with Crippen molar-refractivity contribution in [2.75, 3.05) is 6.61 Å². The van der Waals surface area contributed by atoms with Crippen molar-refractivity contribution in [2.45, 2.75) is 19.6 Å². The van der Waals surface area contributed by atoms with E-state index in [0.29, 0.717) is 6.42 Å². The Morgan fingerprint density at radius 2 is 2.44 bits per heavy atom. The van der Waals surface area contributed by atoms with E-state index in [4.69, 9.17) is 10.8 Å². The van der Waals surface area contributed by atoms with Crippen molar-refractivity contribution in [3.8, 4) is 0 Å². The normalized spacial score (nSPS) is 13.1. The lowest BCUT2D eigenvalue weighted by Crippen LogP contribution is -2.22. The van der Waals surface area contributed by atoms with Gasteiger partial charge in [-0.15, -0.1) is 0 Å². The molecular weight excluding hydrogens is 122 g/mol. The van der Waals surface area contributed by atoms with Crippen LogP contribution in [-0.2, 0) is 9.53 Å². The van der Waals surface area contributed by atoms with Gasteiger partial charge in [-0.25, -0.2) is 0 Å². The van der Waals surface area contributed by atoms with E-state index in [1.807, 2.05) is 0 Å². The number of aliphatic hydroxyl groups excluding tert-OH is 1.